The van der Waals surface area contributed by atoms with Crippen molar-refractivity contribution in [1.29, 1.82) is 0 Å². The van der Waals surface area contributed by atoms with Gasteiger partial charge in [-0.25, -0.2) is 4.39 Å². The van der Waals surface area contributed by atoms with Crippen LogP contribution in [0.1, 0.15) is 19.3 Å². The van der Waals surface area contributed by atoms with E-state index in [-0.39, 0.29) is 5.82 Å². The first-order chi connectivity index (χ1) is 7.84. The van der Waals surface area contributed by atoms with Crippen molar-refractivity contribution in [1.82, 2.24) is 5.32 Å². The van der Waals surface area contributed by atoms with Crippen LogP contribution in [-0.2, 0) is 0 Å². The van der Waals surface area contributed by atoms with Gasteiger partial charge in [0.1, 0.15) is 18.2 Å². The zero-order valence-electron chi connectivity index (χ0n) is 9.42. The normalized spacial score (nSPS) is 15.8. The van der Waals surface area contributed by atoms with Gasteiger partial charge in [0, 0.05) is 12.6 Å². The Hall–Kier alpha value is -1.09. The average Bonchev–Trinajstić information content (AvgIpc) is 2.20. The Bertz CT molecular complexity index is 325. The second kappa shape index (κ2) is 5.85. The molecule has 0 spiro atoms. The third-order valence-corrected chi connectivity index (χ3v) is 3.00. The highest BCUT2D eigenvalue weighted by atomic mass is 19.1. The van der Waals surface area contributed by atoms with Gasteiger partial charge in [0.2, 0.25) is 0 Å². The monoisotopic (exact) mass is 223 g/mol. The Labute approximate surface area is 95.8 Å². The van der Waals surface area contributed by atoms with E-state index in [0.29, 0.717) is 12.4 Å². The molecule has 1 saturated carbocycles. The zero-order valence-corrected chi connectivity index (χ0v) is 9.42. The minimum atomic E-state index is -0.250. The molecule has 1 aliphatic carbocycles. The molecule has 1 N–H and O–H groups in total. The number of rotatable bonds is 6. The van der Waals surface area contributed by atoms with Crippen molar-refractivity contribution < 1.29 is 9.13 Å². The Balaban J connectivity index is 1.56. The molecule has 2 nitrogen and oxygen atoms in total. The molecular formula is C13H18FNO. The smallest absolute Gasteiger partial charge is 0.126 e. The van der Waals surface area contributed by atoms with Crippen LogP contribution in [-0.4, -0.2) is 19.7 Å². The van der Waals surface area contributed by atoms with E-state index >= 15 is 0 Å². The van der Waals surface area contributed by atoms with Gasteiger partial charge in [-0.3, -0.25) is 0 Å². The number of halogens is 1. The molecule has 1 aromatic rings. The summed E-state index contributed by atoms with van der Waals surface area (Å²) in [5.41, 5.74) is 0. The van der Waals surface area contributed by atoms with Crippen molar-refractivity contribution >= 4 is 0 Å². The maximum atomic E-state index is 12.8. The predicted octanol–water partition coefficient (Wildman–Crippen LogP) is 2.59. The van der Waals surface area contributed by atoms with Gasteiger partial charge in [0.05, 0.1) is 0 Å². The fraction of sp³-hybridized carbons (Fsp3) is 0.538. The molecule has 0 unspecified atom stereocenters. The number of benzene rings is 1. The van der Waals surface area contributed by atoms with Gasteiger partial charge in [0.15, 0.2) is 0 Å². The molecule has 3 heteroatoms. The lowest BCUT2D eigenvalue weighted by molar-refractivity contribution is 0.275. The van der Waals surface area contributed by atoms with E-state index in [1.54, 1.807) is 12.1 Å². The Morgan fingerprint density at radius 3 is 2.94 bits per heavy atom. The maximum Gasteiger partial charge on any atom is 0.126 e. The molecule has 1 fully saturated rings. The number of hydrogen-bond donors (Lipinski definition) is 1. The minimum absolute atomic E-state index is 0.250. The molecule has 0 heterocycles. The van der Waals surface area contributed by atoms with Crippen LogP contribution >= 0.6 is 0 Å². The summed E-state index contributed by atoms with van der Waals surface area (Å²) in [5, 5.41) is 3.35. The van der Waals surface area contributed by atoms with Crippen LogP contribution in [0.3, 0.4) is 0 Å². The van der Waals surface area contributed by atoms with Crippen LogP contribution in [0.2, 0.25) is 0 Å². The highest BCUT2D eigenvalue weighted by Crippen LogP contribution is 2.24. The number of nitrogens with one attached hydrogen (secondary N) is 1. The fourth-order valence-corrected chi connectivity index (χ4v) is 1.80. The Morgan fingerprint density at radius 1 is 1.38 bits per heavy atom. The number of ether oxygens (including phenoxy) is 1. The summed E-state index contributed by atoms with van der Waals surface area (Å²) in [5.74, 6) is 1.22. The molecule has 0 saturated heterocycles. The lowest BCUT2D eigenvalue weighted by Crippen LogP contribution is -2.30. The van der Waals surface area contributed by atoms with E-state index in [9.17, 15) is 4.39 Å². The molecule has 0 atom stereocenters. The molecule has 16 heavy (non-hydrogen) atoms. The summed E-state index contributed by atoms with van der Waals surface area (Å²) in [6.45, 7) is 2.51. The standard InChI is InChI=1S/C13H18FNO/c14-12-5-2-6-13(9-12)16-8-7-15-10-11-3-1-4-11/h2,5-6,9,11,15H,1,3-4,7-8,10H2. The van der Waals surface area contributed by atoms with Crippen LogP contribution in [0.15, 0.2) is 24.3 Å². The summed E-state index contributed by atoms with van der Waals surface area (Å²) >= 11 is 0. The maximum absolute atomic E-state index is 12.8. The van der Waals surface area contributed by atoms with E-state index in [1.165, 1.54) is 31.4 Å². The van der Waals surface area contributed by atoms with Crippen molar-refractivity contribution in [2.24, 2.45) is 5.92 Å². The van der Waals surface area contributed by atoms with Gasteiger partial charge in [-0.05, 0) is 37.4 Å². The van der Waals surface area contributed by atoms with Crippen molar-refractivity contribution in [3.63, 3.8) is 0 Å². The number of hydrogen-bond acceptors (Lipinski definition) is 2. The van der Waals surface area contributed by atoms with Crippen molar-refractivity contribution in [2.45, 2.75) is 19.3 Å². The molecule has 0 bridgehead atoms. The van der Waals surface area contributed by atoms with Gasteiger partial charge in [-0.1, -0.05) is 12.5 Å². The van der Waals surface area contributed by atoms with Crippen molar-refractivity contribution in [3.8, 4) is 5.75 Å². The quantitative estimate of drug-likeness (QED) is 0.748. The van der Waals surface area contributed by atoms with Crippen LogP contribution in [0.25, 0.3) is 0 Å². The largest absolute Gasteiger partial charge is 0.492 e. The SMILES string of the molecule is Fc1cccc(OCCNCC2CCC2)c1. The summed E-state index contributed by atoms with van der Waals surface area (Å²) in [6, 6.07) is 6.26. The third-order valence-electron chi connectivity index (χ3n) is 3.00. The first kappa shape index (κ1) is 11.4. The van der Waals surface area contributed by atoms with E-state index in [4.69, 9.17) is 4.74 Å². The molecule has 1 aromatic carbocycles. The molecule has 88 valence electrons. The molecule has 1 aliphatic rings. The van der Waals surface area contributed by atoms with Gasteiger partial charge in [0.25, 0.3) is 0 Å². The Morgan fingerprint density at radius 2 is 2.25 bits per heavy atom. The third kappa shape index (κ3) is 3.49. The van der Waals surface area contributed by atoms with Crippen LogP contribution in [0.4, 0.5) is 4.39 Å². The van der Waals surface area contributed by atoms with Crippen LogP contribution in [0.5, 0.6) is 5.75 Å². The van der Waals surface area contributed by atoms with Crippen LogP contribution in [0, 0.1) is 11.7 Å². The average molecular weight is 223 g/mol. The molecule has 2 rings (SSSR count). The lowest BCUT2D eigenvalue weighted by atomic mass is 9.85. The highest BCUT2D eigenvalue weighted by Gasteiger charge is 2.15. The second-order valence-electron chi connectivity index (χ2n) is 4.31. The van der Waals surface area contributed by atoms with E-state index in [1.807, 2.05) is 0 Å². The van der Waals surface area contributed by atoms with E-state index in [2.05, 4.69) is 5.32 Å². The molecule has 0 aromatic heterocycles. The van der Waals surface area contributed by atoms with Crippen molar-refractivity contribution in [3.05, 3.63) is 30.1 Å². The first-order valence-electron chi connectivity index (χ1n) is 5.94. The second-order valence-corrected chi connectivity index (χ2v) is 4.31. The first-order valence-corrected chi connectivity index (χ1v) is 5.94. The van der Waals surface area contributed by atoms with Gasteiger partial charge in [-0.15, -0.1) is 0 Å². The summed E-state index contributed by atoms with van der Waals surface area (Å²) in [7, 11) is 0. The summed E-state index contributed by atoms with van der Waals surface area (Å²) in [4.78, 5) is 0. The van der Waals surface area contributed by atoms with Crippen LogP contribution < -0.4 is 10.1 Å². The highest BCUT2D eigenvalue weighted by molar-refractivity contribution is 5.22. The molecular weight excluding hydrogens is 205 g/mol. The lowest BCUT2D eigenvalue weighted by Gasteiger charge is -2.25. The molecule has 0 aliphatic heterocycles. The van der Waals surface area contributed by atoms with Gasteiger partial charge < -0.3 is 10.1 Å². The van der Waals surface area contributed by atoms with Gasteiger partial charge >= 0.3 is 0 Å². The predicted molar refractivity (Wildman–Crippen MR) is 62.1 cm³/mol. The van der Waals surface area contributed by atoms with E-state index in [0.717, 1.165) is 19.0 Å². The summed E-state index contributed by atoms with van der Waals surface area (Å²) < 4.78 is 18.2. The minimum Gasteiger partial charge on any atom is -0.492 e. The van der Waals surface area contributed by atoms with E-state index < -0.39 is 0 Å². The molecule has 0 radical (unpaired) electrons. The zero-order chi connectivity index (χ0) is 11.2. The van der Waals surface area contributed by atoms with Crippen molar-refractivity contribution in [2.75, 3.05) is 19.7 Å². The summed E-state index contributed by atoms with van der Waals surface area (Å²) in [6.07, 6.45) is 4.10. The molecule has 0 amide bonds. The topological polar surface area (TPSA) is 21.3 Å². The fourth-order valence-electron chi connectivity index (χ4n) is 1.80. The van der Waals surface area contributed by atoms with Gasteiger partial charge in [-0.2, -0.15) is 0 Å². The Kier molecular flexibility index (Phi) is 4.17.